The van der Waals surface area contributed by atoms with Gasteiger partial charge < -0.3 is 22.9 Å². The van der Waals surface area contributed by atoms with Crippen molar-refractivity contribution >= 4 is 10.0 Å². The number of aryl methyl sites for hydroxylation is 1. The fourth-order valence-corrected chi connectivity index (χ4v) is 4.81. The molecule has 0 bridgehead atoms. The number of halogens is 1. The third-order valence-electron chi connectivity index (χ3n) is 5.31. The van der Waals surface area contributed by atoms with E-state index < -0.39 is 22.1 Å². The number of hydrogen-bond acceptors (Lipinski definition) is 2. The van der Waals surface area contributed by atoms with Crippen LogP contribution in [0.2, 0.25) is 0 Å². The molecule has 0 saturated heterocycles. The molecule has 0 unspecified atom stereocenters. The van der Waals surface area contributed by atoms with Crippen LogP contribution in [-0.4, -0.2) is 8.42 Å². The van der Waals surface area contributed by atoms with Gasteiger partial charge in [0, 0.05) is 4.90 Å². The molecule has 0 aliphatic heterocycles. The number of nitrogens with one attached hydrogen (secondary N) is 1. The van der Waals surface area contributed by atoms with Crippen LogP contribution in [0.3, 0.4) is 0 Å². The summed E-state index contributed by atoms with van der Waals surface area (Å²) in [6.45, 7) is 7.88. The Hall–Kier alpha value is -2.43. The average Bonchev–Trinajstić information content (AvgIpc) is 2.83. The second-order valence-corrected chi connectivity index (χ2v) is 10.0. The molecule has 0 fully saturated rings. The number of benzene rings is 3. The van der Waals surface area contributed by atoms with Crippen LogP contribution in [0.1, 0.15) is 49.5 Å². The van der Waals surface area contributed by atoms with E-state index in [-0.39, 0.29) is 36.8 Å². The molecule has 1 aliphatic carbocycles. The van der Waals surface area contributed by atoms with Crippen molar-refractivity contribution in [2.75, 3.05) is 0 Å². The zero-order chi connectivity index (χ0) is 25.4. The van der Waals surface area contributed by atoms with Gasteiger partial charge in [0.2, 0.25) is 0 Å². The second-order valence-electron chi connectivity index (χ2n) is 8.39. The molecular weight excluding hydrogens is 589 g/mol. The summed E-state index contributed by atoms with van der Waals surface area (Å²) in [7, 11) is -3.87. The van der Waals surface area contributed by atoms with Crippen LogP contribution < -0.4 is 12.4 Å². The van der Waals surface area contributed by atoms with Gasteiger partial charge in [-0.1, -0.05) is 89.5 Å². The van der Waals surface area contributed by atoms with Gasteiger partial charge in [0.05, 0.1) is 0 Å². The molecule has 3 aromatic rings. The Morgan fingerprint density at radius 3 is 1.84 bits per heavy atom. The van der Waals surface area contributed by atoms with E-state index in [0.717, 1.165) is 27.8 Å². The van der Waals surface area contributed by atoms with Crippen LogP contribution in [0.4, 0.5) is 0 Å². The van der Waals surface area contributed by atoms with E-state index >= 15 is 0 Å². The van der Waals surface area contributed by atoms with Gasteiger partial charge in [-0.25, -0.2) is 8.42 Å². The summed E-state index contributed by atoms with van der Waals surface area (Å²) in [5.41, 5.74) is 17.3. The summed E-state index contributed by atoms with van der Waals surface area (Å²) in [6.07, 6.45) is 6.20. The van der Waals surface area contributed by atoms with Crippen molar-refractivity contribution in [2.24, 2.45) is 0 Å². The van der Waals surface area contributed by atoms with E-state index in [1.165, 1.54) is 0 Å². The van der Waals surface area contributed by atoms with Gasteiger partial charge in [0.1, 0.15) is 10.0 Å². The van der Waals surface area contributed by atoms with E-state index in [1.54, 1.807) is 24.3 Å². The van der Waals surface area contributed by atoms with Crippen molar-refractivity contribution in [3.8, 4) is 0 Å². The topological polar surface area (TPSA) is 72.0 Å². The average molecular weight is 618 g/mol. The molecule has 2 atom stereocenters. The Morgan fingerprint density at radius 2 is 1.35 bits per heavy atom. The van der Waals surface area contributed by atoms with Gasteiger partial charge in [-0.2, -0.15) is 0 Å². The Labute approximate surface area is 241 Å². The third-order valence-corrected chi connectivity index (χ3v) is 6.68. The predicted octanol–water partition coefficient (Wildman–Crippen LogP) is 4.92. The van der Waals surface area contributed by atoms with Gasteiger partial charge in [0.15, 0.2) is 0 Å². The van der Waals surface area contributed by atoms with Crippen molar-refractivity contribution in [2.45, 2.75) is 44.7 Å². The number of sulfonamides is 1. The summed E-state index contributed by atoms with van der Waals surface area (Å²) >= 11 is 0. The van der Waals surface area contributed by atoms with Crippen molar-refractivity contribution in [3.05, 3.63) is 147 Å². The van der Waals surface area contributed by atoms with Crippen LogP contribution in [-0.2, 0) is 29.5 Å². The van der Waals surface area contributed by atoms with E-state index in [1.807, 2.05) is 88.4 Å². The Kier molecular flexibility index (Phi) is 13.3. The minimum Gasteiger partial charge on any atom is -1.00 e. The first-order valence-corrected chi connectivity index (χ1v) is 12.8. The van der Waals surface area contributed by atoms with Gasteiger partial charge in [-0.3, -0.25) is 0 Å². The predicted molar refractivity (Wildman–Crippen MR) is 142 cm³/mol. The van der Waals surface area contributed by atoms with Gasteiger partial charge in [-0.05, 0) is 69.0 Å². The fourth-order valence-electron chi connectivity index (χ4n) is 3.67. The molecule has 7 heteroatoms. The normalized spacial score (nSPS) is 14.0. The molecule has 37 heavy (non-hydrogen) atoms. The third kappa shape index (κ3) is 9.76. The summed E-state index contributed by atoms with van der Waals surface area (Å²) in [4.78, 5) is 0.143. The smallest absolute Gasteiger partial charge is 1.00 e. The number of allylic oxidation sites excluding steroid dienone is 3. The quantitative estimate of drug-likeness (QED) is 0.224. The van der Waals surface area contributed by atoms with Crippen LogP contribution in [0.25, 0.3) is 10.5 Å². The molecule has 0 heterocycles. The van der Waals surface area contributed by atoms with Gasteiger partial charge in [-0.15, -0.1) is 17.8 Å². The van der Waals surface area contributed by atoms with Crippen molar-refractivity contribution in [1.82, 2.24) is 0 Å². The summed E-state index contributed by atoms with van der Waals surface area (Å²) in [5.74, 6) is 0. The first-order chi connectivity index (χ1) is 16.7. The van der Waals surface area contributed by atoms with E-state index in [2.05, 4.69) is 23.0 Å². The monoisotopic (exact) mass is 618 g/mol. The summed E-state index contributed by atoms with van der Waals surface area (Å²) in [5, 5.41) is 0. The molecule has 2 radical (unpaired) electrons. The molecule has 0 saturated carbocycles. The van der Waals surface area contributed by atoms with Crippen molar-refractivity contribution in [1.29, 1.82) is 0 Å². The standard InChI is InChI=1S/C21H20N2O2S.C9H9.ClH.Ru/c1-16-12-14-19(15-13-16)26(24,25)23-21(18-10-6-3-7-11-18)20(22)17-8-4-2-5-9-17;1-7-4-8(2)6-9(3)5-7;;/h2-15,20-22H,1H3;1-3H3;1H;/q-2;;;+3/p-1/t20-,21-;;;/m0.../s1. The first-order valence-electron chi connectivity index (χ1n) is 11.3. The minimum absolute atomic E-state index is 0. The van der Waals surface area contributed by atoms with E-state index in [9.17, 15) is 8.42 Å². The van der Waals surface area contributed by atoms with Crippen molar-refractivity contribution < 1.29 is 40.3 Å². The number of hydrogen-bond donors (Lipinski definition) is 0. The Balaban J connectivity index is 0.000000530. The molecule has 0 aromatic heterocycles. The molecule has 192 valence electrons. The number of rotatable bonds is 6. The zero-order valence-corrected chi connectivity index (χ0v) is 24.5. The molecule has 1 N–H and O–H groups in total. The van der Waals surface area contributed by atoms with E-state index in [4.69, 9.17) is 5.73 Å². The maximum atomic E-state index is 12.8. The Morgan fingerprint density at radius 1 is 0.838 bits per heavy atom. The van der Waals surface area contributed by atoms with Crippen LogP contribution in [0.5, 0.6) is 0 Å². The molecular formula is C30H29ClN2O2RuS. The van der Waals surface area contributed by atoms with E-state index in [0.29, 0.717) is 5.56 Å². The van der Waals surface area contributed by atoms with Crippen LogP contribution in [0, 0.1) is 19.4 Å². The van der Waals surface area contributed by atoms with Crippen molar-refractivity contribution in [3.63, 3.8) is 0 Å². The molecule has 4 nitrogen and oxygen atoms in total. The largest absolute Gasteiger partial charge is 3.00 e. The van der Waals surface area contributed by atoms with Gasteiger partial charge in [0.25, 0.3) is 0 Å². The minimum atomic E-state index is -3.87. The molecule has 0 amide bonds. The molecule has 4 rings (SSSR count). The molecule has 0 spiro atoms. The van der Waals surface area contributed by atoms with Gasteiger partial charge >= 0.3 is 19.5 Å². The summed E-state index contributed by atoms with van der Waals surface area (Å²) in [6, 6.07) is 23.3. The Bertz CT molecular complexity index is 1330. The fraction of sp³-hybridized carbons (Fsp3) is 0.200. The SMILES string of the molecule is CC1=C=C(C)[C-]=C(C)[C+]1.Cc1ccc(S(=O)(=O)[N-][C@@H](c2ccccc2)[C@@H]([NH-])c2ccccc2)cc1.[Cl-].[Ru+3]. The maximum Gasteiger partial charge on any atom is 3.00 e. The van der Waals surface area contributed by atoms with Crippen LogP contribution in [0.15, 0.2) is 112 Å². The number of nitrogens with zero attached hydrogens (tertiary/aromatic N) is 1. The maximum absolute atomic E-state index is 12.8. The second kappa shape index (κ2) is 15.1. The zero-order valence-electron chi connectivity index (χ0n) is 21.1. The molecule has 1 aliphatic rings. The van der Waals surface area contributed by atoms with Crippen LogP contribution >= 0.6 is 0 Å². The first kappa shape index (κ1) is 32.6. The summed E-state index contributed by atoms with van der Waals surface area (Å²) < 4.78 is 29.8. The molecule has 3 aromatic carbocycles.